The van der Waals surface area contributed by atoms with Gasteiger partial charge in [-0.2, -0.15) is 0 Å². The molecule has 0 saturated heterocycles. The van der Waals surface area contributed by atoms with Crippen LogP contribution in [0.15, 0.2) is 18.3 Å². The van der Waals surface area contributed by atoms with Gasteiger partial charge in [-0.15, -0.1) is 0 Å². The van der Waals surface area contributed by atoms with Crippen molar-refractivity contribution in [1.82, 2.24) is 10.3 Å². The van der Waals surface area contributed by atoms with Gasteiger partial charge < -0.3 is 25.6 Å². The number of carbonyl (C=O) groups excluding carboxylic acids is 1. The Morgan fingerprint density at radius 3 is 2.53 bits per heavy atom. The van der Waals surface area contributed by atoms with Gasteiger partial charge in [-0.05, 0) is 13.0 Å². The first-order valence-electron chi connectivity index (χ1n) is 5.42. The number of rotatable bonds is 5. The molecule has 1 rings (SSSR count). The van der Waals surface area contributed by atoms with Gasteiger partial charge in [0.05, 0.1) is 25.1 Å². The SMILES string of the molecule is COc1ccc(NC(=O)N[C@H](C(=O)O)[C@@H](C)O)cn1. The number of nitrogens with one attached hydrogen (secondary N) is 2. The van der Waals surface area contributed by atoms with E-state index < -0.39 is 24.1 Å². The largest absolute Gasteiger partial charge is 0.481 e. The van der Waals surface area contributed by atoms with E-state index in [1.165, 1.54) is 20.2 Å². The Bertz CT molecular complexity index is 446. The van der Waals surface area contributed by atoms with E-state index in [9.17, 15) is 14.7 Å². The highest BCUT2D eigenvalue weighted by atomic mass is 16.5. The number of hydrogen-bond acceptors (Lipinski definition) is 5. The molecule has 2 amide bonds. The highest BCUT2D eigenvalue weighted by Crippen LogP contribution is 2.10. The van der Waals surface area contributed by atoms with E-state index in [1.807, 2.05) is 0 Å². The molecule has 0 unspecified atom stereocenters. The Hall–Kier alpha value is -2.35. The van der Waals surface area contributed by atoms with Crippen LogP contribution >= 0.6 is 0 Å². The number of carboxylic acids is 1. The molecule has 0 aliphatic heterocycles. The molecule has 8 heteroatoms. The summed E-state index contributed by atoms with van der Waals surface area (Å²) in [5.41, 5.74) is 0.369. The van der Waals surface area contributed by atoms with E-state index in [4.69, 9.17) is 9.84 Å². The van der Waals surface area contributed by atoms with Crippen LogP contribution in [0.1, 0.15) is 6.92 Å². The van der Waals surface area contributed by atoms with Gasteiger partial charge in [0.1, 0.15) is 0 Å². The number of aliphatic carboxylic acids is 1. The van der Waals surface area contributed by atoms with E-state index in [2.05, 4.69) is 15.6 Å². The van der Waals surface area contributed by atoms with Crippen LogP contribution in [-0.2, 0) is 4.79 Å². The number of anilines is 1. The number of amides is 2. The van der Waals surface area contributed by atoms with Gasteiger partial charge in [0, 0.05) is 6.07 Å². The molecular formula is C11H15N3O5. The molecule has 0 aliphatic carbocycles. The fourth-order valence-electron chi connectivity index (χ4n) is 1.27. The molecule has 8 nitrogen and oxygen atoms in total. The summed E-state index contributed by atoms with van der Waals surface area (Å²) in [4.78, 5) is 26.2. The number of methoxy groups -OCH3 is 1. The number of hydrogen-bond donors (Lipinski definition) is 4. The minimum absolute atomic E-state index is 0.369. The molecule has 0 bridgehead atoms. The average molecular weight is 269 g/mol. The zero-order valence-corrected chi connectivity index (χ0v) is 10.5. The summed E-state index contributed by atoms with van der Waals surface area (Å²) in [6.45, 7) is 1.27. The molecule has 0 fully saturated rings. The Morgan fingerprint density at radius 1 is 1.42 bits per heavy atom. The van der Waals surface area contributed by atoms with Gasteiger partial charge in [0.15, 0.2) is 6.04 Å². The lowest BCUT2D eigenvalue weighted by atomic mass is 10.2. The summed E-state index contributed by atoms with van der Waals surface area (Å²) in [7, 11) is 1.46. The van der Waals surface area contributed by atoms with Crippen molar-refractivity contribution in [1.29, 1.82) is 0 Å². The molecule has 1 aromatic heterocycles. The molecule has 1 heterocycles. The molecule has 4 N–H and O–H groups in total. The summed E-state index contributed by atoms with van der Waals surface area (Å²) in [5.74, 6) is -0.934. The van der Waals surface area contributed by atoms with Crippen LogP contribution in [0.5, 0.6) is 5.88 Å². The minimum Gasteiger partial charge on any atom is -0.481 e. The zero-order chi connectivity index (χ0) is 14.4. The van der Waals surface area contributed by atoms with Crippen LogP contribution in [-0.4, -0.2) is 46.5 Å². The van der Waals surface area contributed by atoms with Gasteiger partial charge in [0.2, 0.25) is 5.88 Å². The van der Waals surface area contributed by atoms with Crippen molar-refractivity contribution in [2.24, 2.45) is 0 Å². The van der Waals surface area contributed by atoms with Crippen molar-refractivity contribution in [3.05, 3.63) is 18.3 Å². The molecule has 1 aromatic rings. The standard InChI is InChI=1S/C11H15N3O5/c1-6(15)9(10(16)17)14-11(18)13-7-3-4-8(19-2)12-5-7/h3-6,9,15H,1-2H3,(H,16,17)(H2,13,14,18)/t6-,9+/m1/s1. The van der Waals surface area contributed by atoms with Crippen LogP contribution in [0.4, 0.5) is 10.5 Å². The first kappa shape index (κ1) is 14.7. The van der Waals surface area contributed by atoms with Crippen molar-refractivity contribution in [2.45, 2.75) is 19.1 Å². The Kier molecular flexibility index (Phi) is 5.07. The third-order valence-electron chi connectivity index (χ3n) is 2.24. The molecule has 19 heavy (non-hydrogen) atoms. The van der Waals surface area contributed by atoms with Gasteiger partial charge in [0.25, 0.3) is 0 Å². The Morgan fingerprint density at radius 2 is 2.11 bits per heavy atom. The second-order valence-corrected chi connectivity index (χ2v) is 3.74. The first-order chi connectivity index (χ1) is 8.93. The molecule has 0 aromatic carbocycles. The molecule has 0 aliphatic rings. The lowest BCUT2D eigenvalue weighted by Crippen LogP contribution is -2.49. The number of carbonyl (C=O) groups is 2. The number of aliphatic hydroxyl groups is 1. The molecule has 0 spiro atoms. The topological polar surface area (TPSA) is 121 Å². The second-order valence-electron chi connectivity index (χ2n) is 3.74. The third kappa shape index (κ3) is 4.43. The highest BCUT2D eigenvalue weighted by Gasteiger charge is 2.24. The number of carboxylic acid groups (broad SMARTS) is 1. The predicted octanol–water partition coefficient (Wildman–Crippen LogP) is 0.0457. The van der Waals surface area contributed by atoms with Crippen LogP contribution < -0.4 is 15.4 Å². The fourth-order valence-corrected chi connectivity index (χ4v) is 1.27. The Balaban J connectivity index is 2.61. The Labute approximate surface area is 109 Å². The van der Waals surface area contributed by atoms with Gasteiger partial charge in [-0.25, -0.2) is 14.6 Å². The normalized spacial score (nSPS) is 13.2. The monoisotopic (exact) mass is 269 g/mol. The van der Waals surface area contributed by atoms with Gasteiger partial charge in [-0.3, -0.25) is 0 Å². The summed E-state index contributed by atoms with van der Waals surface area (Å²) >= 11 is 0. The van der Waals surface area contributed by atoms with Gasteiger partial charge in [-0.1, -0.05) is 0 Å². The fraction of sp³-hybridized carbons (Fsp3) is 0.364. The second kappa shape index (κ2) is 6.55. The van der Waals surface area contributed by atoms with E-state index in [1.54, 1.807) is 12.1 Å². The zero-order valence-electron chi connectivity index (χ0n) is 10.5. The number of aromatic nitrogens is 1. The van der Waals surface area contributed by atoms with Crippen LogP contribution in [0.25, 0.3) is 0 Å². The predicted molar refractivity (Wildman–Crippen MR) is 66.0 cm³/mol. The summed E-state index contributed by atoms with van der Waals surface area (Å²) in [5, 5.41) is 22.5. The number of aliphatic hydroxyl groups excluding tert-OH is 1. The van der Waals surface area contributed by atoms with Crippen molar-refractivity contribution in [3.8, 4) is 5.88 Å². The summed E-state index contributed by atoms with van der Waals surface area (Å²) in [6, 6.07) is 0.953. The number of urea groups is 1. The smallest absolute Gasteiger partial charge is 0.328 e. The minimum atomic E-state index is -1.38. The van der Waals surface area contributed by atoms with E-state index >= 15 is 0 Å². The lowest BCUT2D eigenvalue weighted by molar-refractivity contribution is -0.141. The van der Waals surface area contributed by atoms with Crippen LogP contribution in [0, 0.1) is 0 Å². The van der Waals surface area contributed by atoms with Crippen molar-refractivity contribution < 1.29 is 24.5 Å². The molecule has 2 atom stereocenters. The van der Waals surface area contributed by atoms with Crippen molar-refractivity contribution in [2.75, 3.05) is 12.4 Å². The summed E-state index contributed by atoms with van der Waals surface area (Å²) < 4.78 is 4.85. The maximum absolute atomic E-state index is 11.5. The van der Waals surface area contributed by atoms with Crippen LogP contribution in [0.2, 0.25) is 0 Å². The third-order valence-corrected chi connectivity index (χ3v) is 2.24. The number of nitrogens with zero attached hydrogens (tertiary/aromatic N) is 1. The van der Waals surface area contributed by atoms with E-state index in [0.717, 1.165) is 0 Å². The number of ether oxygens (including phenoxy) is 1. The lowest BCUT2D eigenvalue weighted by Gasteiger charge is -2.17. The quantitative estimate of drug-likeness (QED) is 0.599. The maximum atomic E-state index is 11.5. The van der Waals surface area contributed by atoms with E-state index in [0.29, 0.717) is 11.6 Å². The van der Waals surface area contributed by atoms with Crippen LogP contribution in [0.3, 0.4) is 0 Å². The average Bonchev–Trinajstić information content (AvgIpc) is 2.36. The van der Waals surface area contributed by atoms with Crippen molar-refractivity contribution in [3.63, 3.8) is 0 Å². The van der Waals surface area contributed by atoms with Crippen molar-refractivity contribution >= 4 is 17.7 Å². The summed E-state index contributed by atoms with van der Waals surface area (Å²) in [6.07, 6.45) is 0.147. The molecule has 104 valence electrons. The number of pyridine rings is 1. The molecule has 0 radical (unpaired) electrons. The first-order valence-corrected chi connectivity index (χ1v) is 5.42. The maximum Gasteiger partial charge on any atom is 0.328 e. The molecular weight excluding hydrogens is 254 g/mol. The molecule has 0 saturated carbocycles. The van der Waals surface area contributed by atoms with Gasteiger partial charge >= 0.3 is 12.0 Å². The van der Waals surface area contributed by atoms with E-state index in [-0.39, 0.29) is 0 Å². The highest BCUT2D eigenvalue weighted by molar-refractivity contribution is 5.92.